The van der Waals surface area contributed by atoms with Gasteiger partial charge in [-0.05, 0) is 42.9 Å². The number of nitrogens with two attached hydrogens (primary N) is 1. The monoisotopic (exact) mass is 352 g/mol. The van der Waals surface area contributed by atoms with E-state index in [4.69, 9.17) is 5.73 Å². The van der Waals surface area contributed by atoms with Crippen LogP contribution in [0.1, 0.15) is 6.92 Å². The van der Waals surface area contributed by atoms with E-state index in [-0.39, 0.29) is 0 Å². The molecule has 0 aliphatic carbocycles. The zero-order chi connectivity index (χ0) is 18.5. The number of carbonyl (C=O) groups is 2. The molecule has 2 amide bonds. The van der Waals surface area contributed by atoms with Crippen molar-refractivity contribution in [1.29, 1.82) is 0 Å². The van der Waals surface area contributed by atoms with E-state index in [9.17, 15) is 9.59 Å². The highest BCUT2D eigenvalue weighted by Gasteiger charge is 2.31. The van der Waals surface area contributed by atoms with E-state index in [1.54, 1.807) is 29.2 Å². The molecule has 2 aromatic rings. The molecule has 1 saturated heterocycles. The fourth-order valence-electron chi connectivity index (χ4n) is 3.08. The number of anilines is 3. The van der Waals surface area contributed by atoms with Gasteiger partial charge < -0.3 is 15.5 Å². The van der Waals surface area contributed by atoms with Crippen LogP contribution in [0, 0.1) is 0 Å². The van der Waals surface area contributed by atoms with Gasteiger partial charge in [0.2, 0.25) is 0 Å². The SMILES string of the molecule is CCN1CCN(C(=O)C(=O)N(c2ccccc2)c2ccc(N)cc2)CC1. The van der Waals surface area contributed by atoms with Gasteiger partial charge >= 0.3 is 11.8 Å². The quantitative estimate of drug-likeness (QED) is 0.678. The Morgan fingerprint density at radius 2 is 1.50 bits per heavy atom. The third kappa shape index (κ3) is 3.86. The Morgan fingerprint density at radius 3 is 2.08 bits per heavy atom. The molecule has 2 N–H and O–H groups in total. The lowest BCUT2D eigenvalue weighted by Gasteiger charge is -2.34. The first-order valence-electron chi connectivity index (χ1n) is 8.86. The minimum absolute atomic E-state index is 0.471. The van der Waals surface area contributed by atoms with Gasteiger partial charge in [0.15, 0.2) is 0 Å². The summed E-state index contributed by atoms with van der Waals surface area (Å²) in [6, 6.07) is 16.2. The van der Waals surface area contributed by atoms with Gasteiger partial charge in [0.25, 0.3) is 0 Å². The van der Waals surface area contributed by atoms with Crippen LogP contribution in [0.5, 0.6) is 0 Å². The maximum Gasteiger partial charge on any atom is 0.321 e. The number of rotatable bonds is 3. The highest BCUT2D eigenvalue weighted by molar-refractivity contribution is 6.42. The molecular formula is C20H24N4O2. The molecule has 0 spiro atoms. The lowest BCUT2D eigenvalue weighted by molar-refractivity contribution is -0.145. The molecule has 1 heterocycles. The van der Waals surface area contributed by atoms with Crippen molar-refractivity contribution in [3.05, 3.63) is 54.6 Å². The molecule has 3 rings (SSSR count). The standard InChI is InChI=1S/C20H24N4O2/c1-2-22-12-14-23(15-13-22)19(25)20(26)24(17-6-4-3-5-7-17)18-10-8-16(21)9-11-18/h3-11H,2,12-15,21H2,1H3. The van der Waals surface area contributed by atoms with E-state index in [1.165, 1.54) is 4.90 Å². The number of piperazine rings is 1. The van der Waals surface area contributed by atoms with E-state index < -0.39 is 11.8 Å². The number of carbonyl (C=O) groups excluding carboxylic acids is 2. The van der Waals surface area contributed by atoms with Gasteiger partial charge in [-0.2, -0.15) is 0 Å². The van der Waals surface area contributed by atoms with Crippen LogP contribution in [-0.2, 0) is 9.59 Å². The molecular weight excluding hydrogens is 328 g/mol. The first-order valence-corrected chi connectivity index (χ1v) is 8.86. The maximum atomic E-state index is 13.1. The van der Waals surface area contributed by atoms with E-state index in [0.717, 1.165) is 19.6 Å². The zero-order valence-electron chi connectivity index (χ0n) is 15.0. The third-order valence-electron chi connectivity index (χ3n) is 4.66. The number of benzene rings is 2. The van der Waals surface area contributed by atoms with E-state index >= 15 is 0 Å². The Kier molecular flexibility index (Phi) is 5.53. The summed E-state index contributed by atoms with van der Waals surface area (Å²) < 4.78 is 0. The molecule has 0 radical (unpaired) electrons. The van der Waals surface area contributed by atoms with Crippen LogP contribution in [0.2, 0.25) is 0 Å². The fraction of sp³-hybridized carbons (Fsp3) is 0.300. The predicted molar refractivity (Wildman–Crippen MR) is 103 cm³/mol. The molecule has 6 heteroatoms. The van der Waals surface area contributed by atoms with Gasteiger partial charge in [-0.3, -0.25) is 14.5 Å². The van der Waals surface area contributed by atoms with Crippen molar-refractivity contribution in [2.45, 2.75) is 6.92 Å². The molecule has 0 unspecified atom stereocenters. The number of nitrogens with zero attached hydrogens (tertiary/aromatic N) is 3. The molecule has 136 valence electrons. The van der Waals surface area contributed by atoms with Crippen LogP contribution in [0.3, 0.4) is 0 Å². The number of likely N-dealkylation sites (N-methyl/N-ethyl adjacent to an activating group) is 1. The van der Waals surface area contributed by atoms with Gasteiger partial charge in [-0.1, -0.05) is 25.1 Å². The Labute approximate surface area is 153 Å². The number of hydrogen-bond donors (Lipinski definition) is 1. The van der Waals surface area contributed by atoms with Crippen LogP contribution in [0.4, 0.5) is 17.1 Å². The number of amides is 2. The number of nitrogen functional groups attached to an aromatic ring is 1. The minimum atomic E-state index is -0.550. The molecule has 0 saturated carbocycles. The molecule has 1 aliphatic rings. The second-order valence-corrected chi connectivity index (χ2v) is 6.29. The summed E-state index contributed by atoms with van der Waals surface area (Å²) in [5.74, 6) is -1.02. The largest absolute Gasteiger partial charge is 0.399 e. The summed E-state index contributed by atoms with van der Waals surface area (Å²) in [5.41, 5.74) is 7.65. The summed E-state index contributed by atoms with van der Waals surface area (Å²) >= 11 is 0. The predicted octanol–water partition coefficient (Wildman–Crippen LogP) is 2.10. The van der Waals surface area contributed by atoms with Gasteiger partial charge in [-0.25, -0.2) is 0 Å². The molecule has 0 bridgehead atoms. The minimum Gasteiger partial charge on any atom is -0.399 e. The van der Waals surface area contributed by atoms with Crippen molar-refractivity contribution in [2.24, 2.45) is 0 Å². The Morgan fingerprint density at radius 1 is 0.923 bits per heavy atom. The average molecular weight is 352 g/mol. The summed E-state index contributed by atoms with van der Waals surface area (Å²) in [6.07, 6.45) is 0. The smallest absolute Gasteiger partial charge is 0.321 e. The average Bonchev–Trinajstić information content (AvgIpc) is 2.70. The van der Waals surface area contributed by atoms with Crippen molar-refractivity contribution in [1.82, 2.24) is 9.80 Å². The summed E-state index contributed by atoms with van der Waals surface area (Å²) in [4.78, 5) is 31.3. The van der Waals surface area contributed by atoms with E-state index in [0.29, 0.717) is 30.2 Å². The number of para-hydroxylation sites is 1. The summed E-state index contributed by atoms with van der Waals surface area (Å²) in [7, 11) is 0. The van der Waals surface area contributed by atoms with Crippen LogP contribution < -0.4 is 10.6 Å². The Hall–Kier alpha value is -2.86. The lowest BCUT2D eigenvalue weighted by atomic mass is 10.2. The van der Waals surface area contributed by atoms with E-state index in [2.05, 4.69) is 11.8 Å². The first kappa shape index (κ1) is 17.9. The highest BCUT2D eigenvalue weighted by atomic mass is 16.2. The van der Waals surface area contributed by atoms with Gasteiger partial charge in [-0.15, -0.1) is 0 Å². The second-order valence-electron chi connectivity index (χ2n) is 6.29. The molecule has 0 atom stereocenters. The summed E-state index contributed by atoms with van der Waals surface area (Å²) in [5, 5.41) is 0. The van der Waals surface area contributed by atoms with Crippen LogP contribution in [0.25, 0.3) is 0 Å². The van der Waals surface area contributed by atoms with Crippen molar-refractivity contribution < 1.29 is 9.59 Å². The Bertz CT molecular complexity index is 753. The second kappa shape index (κ2) is 8.01. The van der Waals surface area contributed by atoms with Gasteiger partial charge in [0, 0.05) is 43.2 Å². The van der Waals surface area contributed by atoms with E-state index in [1.807, 2.05) is 30.3 Å². The van der Waals surface area contributed by atoms with Crippen LogP contribution in [-0.4, -0.2) is 54.3 Å². The molecule has 1 aliphatic heterocycles. The third-order valence-corrected chi connectivity index (χ3v) is 4.66. The summed E-state index contributed by atoms with van der Waals surface area (Å²) in [6.45, 7) is 5.79. The van der Waals surface area contributed by atoms with Crippen molar-refractivity contribution >= 4 is 28.9 Å². The molecule has 0 aromatic heterocycles. The lowest BCUT2D eigenvalue weighted by Crippen LogP contribution is -2.52. The van der Waals surface area contributed by atoms with Crippen molar-refractivity contribution in [3.8, 4) is 0 Å². The van der Waals surface area contributed by atoms with Crippen molar-refractivity contribution in [3.63, 3.8) is 0 Å². The molecule has 6 nitrogen and oxygen atoms in total. The zero-order valence-corrected chi connectivity index (χ0v) is 15.0. The Balaban J connectivity index is 1.85. The fourth-order valence-corrected chi connectivity index (χ4v) is 3.08. The topological polar surface area (TPSA) is 69.9 Å². The van der Waals surface area contributed by atoms with Gasteiger partial charge in [0.1, 0.15) is 0 Å². The van der Waals surface area contributed by atoms with Crippen molar-refractivity contribution in [2.75, 3.05) is 43.4 Å². The molecule has 1 fully saturated rings. The molecule has 26 heavy (non-hydrogen) atoms. The number of hydrogen-bond acceptors (Lipinski definition) is 4. The van der Waals surface area contributed by atoms with Crippen LogP contribution in [0.15, 0.2) is 54.6 Å². The molecule has 2 aromatic carbocycles. The highest BCUT2D eigenvalue weighted by Crippen LogP contribution is 2.26. The first-order chi connectivity index (χ1) is 12.6. The van der Waals surface area contributed by atoms with Gasteiger partial charge in [0.05, 0.1) is 0 Å². The normalized spacial score (nSPS) is 14.9. The van der Waals surface area contributed by atoms with Crippen LogP contribution >= 0.6 is 0 Å². The maximum absolute atomic E-state index is 13.1.